The van der Waals surface area contributed by atoms with Crippen molar-refractivity contribution in [3.05, 3.63) is 106 Å². The van der Waals surface area contributed by atoms with E-state index in [0.29, 0.717) is 11.4 Å². The number of amides is 1. The number of carbonyl (C=O) groups excluding carboxylic acids is 2. The molecule has 1 amide bonds. The zero-order valence-corrected chi connectivity index (χ0v) is 20.9. The van der Waals surface area contributed by atoms with Crippen LogP contribution in [0.3, 0.4) is 0 Å². The summed E-state index contributed by atoms with van der Waals surface area (Å²) in [6.07, 6.45) is 1.07. The van der Waals surface area contributed by atoms with Gasteiger partial charge in [0.05, 0.1) is 16.2 Å². The first-order chi connectivity index (χ1) is 17.9. The van der Waals surface area contributed by atoms with Crippen LogP contribution in [-0.4, -0.2) is 26.8 Å². The Kier molecular flexibility index (Phi) is 9.27. The van der Waals surface area contributed by atoms with E-state index in [0.717, 1.165) is 11.8 Å². The van der Waals surface area contributed by atoms with Crippen LogP contribution in [0.1, 0.15) is 22.8 Å². The summed E-state index contributed by atoms with van der Waals surface area (Å²) in [4.78, 5) is 43.3. The minimum Gasteiger partial charge on any atom is -0.457 e. The van der Waals surface area contributed by atoms with Gasteiger partial charge in [-0.2, -0.15) is 4.98 Å². The van der Waals surface area contributed by atoms with Crippen molar-refractivity contribution in [2.75, 3.05) is 16.0 Å². The van der Waals surface area contributed by atoms with E-state index < -0.39 is 10.9 Å². The summed E-state index contributed by atoms with van der Waals surface area (Å²) in [6, 6.07) is 22.5. The first-order valence-corrected chi connectivity index (χ1v) is 11.1. The SMILES string of the molecule is CC(=O)Nc1ccc(Nc2ncc([N+](=O)[O-])c(Nc3ccccc3C(=O)OCc3ccccc3)n2)cc1.Cl. The molecule has 38 heavy (non-hydrogen) atoms. The molecule has 0 bridgehead atoms. The van der Waals surface area contributed by atoms with Gasteiger partial charge in [0.2, 0.25) is 17.7 Å². The van der Waals surface area contributed by atoms with E-state index in [1.165, 1.54) is 6.92 Å². The molecule has 0 fully saturated rings. The Morgan fingerprint density at radius 2 is 1.58 bits per heavy atom. The Labute approximate surface area is 223 Å². The molecule has 0 aliphatic rings. The zero-order chi connectivity index (χ0) is 26.2. The Hall–Kier alpha value is -5.03. The average Bonchev–Trinajstić information content (AvgIpc) is 2.89. The molecule has 1 heterocycles. The van der Waals surface area contributed by atoms with Crippen LogP contribution in [0.2, 0.25) is 0 Å². The Bertz CT molecular complexity index is 1430. The number of carbonyl (C=O) groups is 2. The van der Waals surface area contributed by atoms with Crippen LogP contribution in [0.25, 0.3) is 0 Å². The smallest absolute Gasteiger partial charge is 0.340 e. The van der Waals surface area contributed by atoms with Gasteiger partial charge in [0, 0.05) is 18.3 Å². The van der Waals surface area contributed by atoms with Crippen LogP contribution in [0.4, 0.5) is 34.5 Å². The number of benzene rings is 3. The molecule has 0 spiro atoms. The van der Waals surface area contributed by atoms with E-state index in [-0.39, 0.29) is 53.6 Å². The summed E-state index contributed by atoms with van der Waals surface area (Å²) in [7, 11) is 0. The van der Waals surface area contributed by atoms with E-state index in [4.69, 9.17) is 4.74 Å². The third-order valence-electron chi connectivity index (χ3n) is 5.04. The van der Waals surface area contributed by atoms with Crippen molar-refractivity contribution in [1.82, 2.24) is 9.97 Å². The van der Waals surface area contributed by atoms with Crippen LogP contribution >= 0.6 is 12.4 Å². The van der Waals surface area contributed by atoms with Crippen LogP contribution < -0.4 is 16.0 Å². The molecule has 4 rings (SSSR count). The summed E-state index contributed by atoms with van der Waals surface area (Å²) in [5.74, 6) is -0.814. The largest absolute Gasteiger partial charge is 0.457 e. The summed E-state index contributed by atoms with van der Waals surface area (Å²) >= 11 is 0. The Balaban J connectivity index is 0.00000400. The Morgan fingerprint density at radius 3 is 2.26 bits per heavy atom. The molecule has 0 radical (unpaired) electrons. The minimum atomic E-state index is -0.620. The maximum Gasteiger partial charge on any atom is 0.340 e. The van der Waals surface area contributed by atoms with E-state index >= 15 is 0 Å². The first kappa shape index (κ1) is 27.6. The molecule has 11 nitrogen and oxygen atoms in total. The highest BCUT2D eigenvalue weighted by Gasteiger charge is 2.21. The molecule has 0 unspecified atom stereocenters. The van der Waals surface area contributed by atoms with Crippen molar-refractivity contribution in [3.63, 3.8) is 0 Å². The molecule has 0 saturated carbocycles. The predicted molar refractivity (Wildman–Crippen MR) is 145 cm³/mol. The molecule has 3 aromatic carbocycles. The molecule has 0 aliphatic carbocycles. The molecule has 3 N–H and O–H groups in total. The number of rotatable bonds is 9. The number of ether oxygens (including phenoxy) is 1. The van der Waals surface area contributed by atoms with E-state index in [1.54, 1.807) is 48.5 Å². The van der Waals surface area contributed by atoms with Gasteiger partial charge >= 0.3 is 11.7 Å². The van der Waals surface area contributed by atoms with Gasteiger partial charge in [-0.05, 0) is 42.0 Å². The number of nitro groups is 1. The van der Waals surface area contributed by atoms with Crippen molar-refractivity contribution in [1.29, 1.82) is 0 Å². The molecular weight excluding hydrogens is 512 g/mol. The molecule has 12 heteroatoms. The highest BCUT2D eigenvalue weighted by molar-refractivity contribution is 5.96. The Morgan fingerprint density at radius 1 is 0.921 bits per heavy atom. The molecule has 0 atom stereocenters. The fourth-order valence-electron chi connectivity index (χ4n) is 3.33. The summed E-state index contributed by atoms with van der Waals surface area (Å²) in [6.45, 7) is 1.49. The van der Waals surface area contributed by atoms with Crippen molar-refractivity contribution < 1.29 is 19.2 Å². The predicted octanol–water partition coefficient (Wildman–Crippen LogP) is 5.61. The summed E-state index contributed by atoms with van der Waals surface area (Å²) in [5, 5.41) is 20.1. The maximum atomic E-state index is 12.8. The van der Waals surface area contributed by atoms with E-state index in [2.05, 4.69) is 25.9 Å². The fraction of sp³-hybridized carbons (Fsp3) is 0.0769. The van der Waals surface area contributed by atoms with Crippen molar-refractivity contribution >= 4 is 58.8 Å². The second kappa shape index (κ2) is 12.8. The standard InChI is InChI=1S/C26H22N6O5.ClH/c1-17(33)28-19-11-13-20(14-12-19)29-26-27-15-23(32(35)36)24(31-26)30-22-10-6-5-9-21(22)25(34)37-16-18-7-3-2-4-8-18;/h2-15H,16H2,1H3,(H,28,33)(H2,27,29,30,31);1H. The molecule has 194 valence electrons. The van der Waals surface area contributed by atoms with Crippen LogP contribution in [0.5, 0.6) is 0 Å². The van der Waals surface area contributed by atoms with Gasteiger partial charge in [0.15, 0.2) is 0 Å². The lowest BCUT2D eigenvalue weighted by Crippen LogP contribution is -2.10. The number of anilines is 5. The molecule has 0 saturated heterocycles. The van der Waals surface area contributed by atoms with Gasteiger partial charge in [-0.25, -0.2) is 9.78 Å². The van der Waals surface area contributed by atoms with Crippen LogP contribution in [-0.2, 0) is 16.1 Å². The number of hydrogen-bond donors (Lipinski definition) is 3. The third-order valence-corrected chi connectivity index (χ3v) is 5.04. The molecule has 4 aromatic rings. The second-order valence-corrected chi connectivity index (χ2v) is 7.80. The first-order valence-electron chi connectivity index (χ1n) is 11.1. The lowest BCUT2D eigenvalue weighted by Gasteiger charge is -2.13. The van der Waals surface area contributed by atoms with Crippen molar-refractivity contribution in [2.45, 2.75) is 13.5 Å². The van der Waals surface area contributed by atoms with Crippen molar-refractivity contribution in [3.8, 4) is 0 Å². The lowest BCUT2D eigenvalue weighted by atomic mass is 10.1. The fourth-order valence-corrected chi connectivity index (χ4v) is 3.33. The monoisotopic (exact) mass is 534 g/mol. The van der Waals surface area contributed by atoms with Gasteiger partial charge < -0.3 is 20.7 Å². The van der Waals surface area contributed by atoms with E-state index in [9.17, 15) is 19.7 Å². The lowest BCUT2D eigenvalue weighted by molar-refractivity contribution is -0.384. The minimum absolute atomic E-state index is 0. The number of para-hydroxylation sites is 1. The average molecular weight is 535 g/mol. The molecule has 1 aromatic heterocycles. The quantitative estimate of drug-likeness (QED) is 0.141. The maximum absolute atomic E-state index is 12.8. The highest BCUT2D eigenvalue weighted by Crippen LogP contribution is 2.29. The van der Waals surface area contributed by atoms with Gasteiger partial charge in [0.1, 0.15) is 12.8 Å². The van der Waals surface area contributed by atoms with Gasteiger partial charge in [0.25, 0.3) is 0 Å². The molecular formula is C26H23ClN6O5. The third kappa shape index (κ3) is 7.24. The van der Waals surface area contributed by atoms with Gasteiger partial charge in [-0.1, -0.05) is 42.5 Å². The van der Waals surface area contributed by atoms with Crippen LogP contribution in [0, 0.1) is 10.1 Å². The number of nitrogens with zero attached hydrogens (tertiary/aromatic N) is 3. The van der Waals surface area contributed by atoms with E-state index in [1.807, 2.05) is 30.3 Å². The summed E-state index contributed by atoms with van der Waals surface area (Å²) < 4.78 is 5.42. The number of hydrogen-bond acceptors (Lipinski definition) is 9. The zero-order valence-electron chi connectivity index (χ0n) is 20.1. The van der Waals surface area contributed by atoms with Crippen molar-refractivity contribution in [2.24, 2.45) is 0 Å². The van der Waals surface area contributed by atoms with Crippen LogP contribution in [0.15, 0.2) is 85.1 Å². The number of halogens is 1. The number of aromatic nitrogens is 2. The topological polar surface area (TPSA) is 148 Å². The highest BCUT2D eigenvalue weighted by atomic mass is 35.5. The number of nitrogens with one attached hydrogen (secondary N) is 3. The summed E-state index contributed by atoms with van der Waals surface area (Å²) in [5.41, 5.74) is 2.13. The number of esters is 1. The normalized spacial score (nSPS) is 10.0. The van der Waals surface area contributed by atoms with Gasteiger partial charge in [-0.3, -0.25) is 14.9 Å². The molecule has 0 aliphatic heterocycles. The van der Waals surface area contributed by atoms with Gasteiger partial charge in [-0.15, -0.1) is 12.4 Å². The second-order valence-electron chi connectivity index (χ2n) is 7.80.